The third-order valence-electron chi connectivity index (χ3n) is 6.10. The molecule has 2 heterocycles. The number of hydrogen-bond donors (Lipinski definition) is 0. The van der Waals surface area contributed by atoms with Gasteiger partial charge < -0.3 is 19.1 Å². The van der Waals surface area contributed by atoms with E-state index in [1.807, 2.05) is 32.9 Å². The van der Waals surface area contributed by atoms with E-state index in [1.54, 1.807) is 11.8 Å². The van der Waals surface area contributed by atoms with Crippen molar-refractivity contribution in [2.45, 2.75) is 84.3 Å². The van der Waals surface area contributed by atoms with E-state index in [0.717, 1.165) is 29.7 Å². The van der Waals surface area contributed by atoms with Crippen LogP contribution in [0.3, 0.4) is 0 Å². The third kappa shape index (κ3) is 5.89. The molecule has 1 unspecified atom stereocenters. The molecule has 6 nitrogen and oxygen atoms in total. The molecule has 0 saturated carbocycles. The number of amides is 1. The van der Waals surface area contributed by atoms with E-state index in [1.165, 1.54) is 0 Å². The Morgan fingerprint density at radius 1 is 1.25 bits per heavy atom. The van der Waals surface area contributed by atoms with E-state index in [2.05, 4.69) is 13.8 Å². The third-order valence-corrected chi connectivity index (χ3v) is 6.43. The number of esters is 1. The number of likely N-dealkylation sites (tertiary alicyclic amines) is 1. The summed E-state index contributed by atoms with van der Waals surface area (Å²) in [5.74, 6) is 0.0309. The van der Waals surface area contributed by atoms with Crippen molar-refractivity contribution in [3.8, 4) is 5.75 Å². The fourth-order valence-electron chi connectivity index (χ4n) is 4.47. The van der Waals surface area contributed by atoms with Crippen LogP contribution in [0.25, 0.3) is 0 Å². The lowest BCUT2D eigenvalue weighted by Gasteiger charge is -2.37. The fourth-order valence-corrected chi connectivity index (χ4v) is 4.77. The van der Waals surface area contributed by atoms with Crippen molar-refractivity contribution in [3.05, 3.63) is 28.3 Å². The first-order valence-electron chi connectivity index (χ1n) is 11.6. The van der Waals surface area contributed by atoms with E-state index < -0.39 is 11.5 Å². The van der Waals surface area contributed by atoms with E-state index in [4.69, 9.17) is 25.8 Å². The van der Waals surface area contributed by atoms with Crippen LogP contribution in [0.1, 0.15) is 77.8 Å². The highest BCUT2D eigenvalue weighted by Crippen LogP contribution is 2.43. The van der Waals surface area contributed by atoms with Crippen molar-refractivity contribution >= 4 is 23.7 Å². The quantitative estimate of drug-likeness (QED) is 0.530. The molecule has 2 aliphatic rings. The number of nitrogens with zero attached hydrogens (tertiary/aromatic N) is 1. The minimum Gasteiger partial charge on any atom is -0.488 e. The van der Waals surface area contributed by atoms with Crippen molar-refractivity contribution in [3.63, 3.8) is 0 Å². The highest BCUT2D eigenvalue weighted by Gasteiger charge is 2.38. The van der Waals surface area contributed by atoms with Crippen LogP contribution in [-0.2, 0) is 20.7 Å². The summed E-state index contributed by atoms with van der Waals surface area (Å²) in [5.41, 5.74) is 1.03. The standard InChI is InChI=1S/C25H36ClNO5/c1-7-30-22(28)21(16-9-12-27(13-10-16)23(29)32-24(2,3)4)18-15-20-17(14-19(18)26)8-11-25(5,6)31-20/h14-16,21H,7-13H2,1-6H3. The van der Waals surface area contributed by atoms with Crippen LogP contribution in [0.5, 0.6) is 5.75 Å². The first kappa shape index (κ1) is 24.7. The highest BCUT2D eigenvalue weighted by molar-refractivity contribution is 6.31. The number of fused-ring (bicyclic) bond motifs is 1. The Morgan fingerprint density at radius 2 is 1.91 bits per heavy atom. The van der Waals surface area contributed by atoms with E-state index >= 15 is 0 Å². The summed E-state index contributed by atoms with van der Waals surface area (Å²) in [4.78, 5) is 27.2. The van der Waals surface area contributed by atoms with Gasteiger partial charge in [-0.1, -0.05) is 11.6 Å². The molecule has 1 saturated heterocycles. The molecule has 1 aromatic rings. The zero-order valence-electron chi connectivity index (χ0n) is 20.1. The molecule has 0 aromatic heterocycles. The smallest absolute Gasteiger partial charge is 0.410 e. The molecular weight excluding hydrogens is 430 g/mol. The van der Waals surface area contributed by atoms with Crippen LogP contribution >= 0.6 is 11.6 Å². The van der Waals surface area contributed by atoms with Gasteiger partial charge in [0.1, 0.15) is 17.0 Å². The molecule has 0 N–H and O–H groups in total. The SMILES string of the molecule is CCOC(=O)C(c1cc2c(cc1Cl)CCC(C)(C)O2)C1CCN(C(=O)OC(C)(C)C)CC1. The Kier molecular flexibility index (Phi) is 7.33. The van der Waals surface area contributed by atoms with Crippen molar-refractivity contribution in [1.82, 2.24) is 4.90 Å². The van der Waals surface area contributed by atoms with Gasteiger partial charge in [-0.25, -0.2) is 4.79 Å². The molecule has 2 aliphatic heterocycles. The number of carbonyl (C=O) groups excluding carboxylic acids is 2. The van der Waals surface area contributed by atoms with Crippen molar-refractivity contribution in [2.75, 3.05) is 19.7 Å². The predicted octanol–water partition coefficient (Wildman–Crippen LogP) is 5.74. The summed E-state index contributed by atoms with van der Waals surface area (Å²) in [6.07, 6.45) is 2.83. The first-order valence-corrected chi connectivity index (χ1v) is 11.9. The van der Waals surface area contributed by atoms with Crippen LogP contribution in [0.2, 0.25) is 5.02 Å². The molecule has 1 atom stereocenters. The van der Waals surface area contributed by atoms with Gasteiger partial charge in [0, 0.05) is 18.1 Å². The summed E-state index contributed by atoms with van der Waals surface area (Å²) in [6.45, 7) is 12.9. The molecule has 3 rings (SSSR count). The minimum atomic E-state index is -0.536. The summed E-state index contributed by atoms with van der Waals surface area (Å²) < 4.78 is 17.2. The second kappa shape index (κ2) is 9.50. The molecule has 0 bridgehead atoms. The molecule has 0 aliphatic carbocycles. The second-order valence-corrected chi connectivity index (χ2v) is 10.8. The summed E-state index contributed by atoms with van der Waals surface area (Å²) in [5, 5.41) is 0.569. The lowest BCUT2D eigenvalue weighted by atomic mass is 9.79. The van der Waals surface area contributed by atoms with E-state index in [9.17, 15) is 9.59 Å². The fraction of sp³-hybridized carbons (Fsp3) is 0.680. The Morgan fingerprint density at radius 3 is 2.50 bits per heavy atom. The van der Waals surface area contributed by atoms with Gasteiger partial charge in [-0.2, -0.15) is 0 Å². The summed E-state index contributed by atoms with van der Waals surface area (Å²) >= 11 is 6.69. The zero-order chi connectivity index (χ0) is 23.7. The van der Waals surface area contributed by atoms with Crippen LogP contribution in [0.4, 0.5) is 4.79 Å². The lowest BCUT2D eigenvalue weighted by Crippen LogP contribution is -2.43. The molecule has 0 radical (unpaired) electrons. The number of carbonyl (C=O) groups is 2. The Bertz CT molecular complexity index is 853. The van der Waals surface area contributed by atoms with Gasteiger partial charge in [0.05, 0.1) is 12.5 Å². The minimum absolute atomic E-state index is 0.0138. The maximum absolute atomic E-state index is 13.1. The number of aryl methyl sites for hydroxylation is 1. The Balaban J connectivity index is 1.83. The number of hydrogen-bond acceptors (Lipinski definition) is 5. The summed E-state index contributed by atoms with van der Waals surface area (Å²) in [6, 6.07) is 3.86. The second-order valence-electron chi connectivity index (χ2n) is 10.4. The topological polar surface area (TPSA) is 65.1 Å². The van der Waals surface area contributed by atoms with Gasteiger partial charge in [-0.15, -0.1) is 0 Å². The number of ether oxygens (including phenoxy) is 3. The van der Waals surface area contributed by atoms with Crippen molar-refractivity contribution in [2.24, 2.45) is 5.92 Å². The van der Waals surface area contributed by atoms with Gasteiger partial charge in [0.2, 0.25) is 0 Å². The molecule has 32 heavy (non-hydrogen) atoms. The van der Waals surface area contributed by atoms with Gasteiger partial charge >= 0.3 is 12.1 Å². The van der Waals surface area contributed by atoms with Crippen LogP contribution < -0.4 is 4.74 Å². The summed E-state index contributed by atoms with van der Waals surface area (Å²) in [7, 11) is 0. The molecule has 0 spiro atoms. The molecule has 1 aromatic carbocycles. The maximum atomic E-state index is 13.1. The van der Waals surface area contributed by atoms with Gasteiger partial charge in [0.25, 0.3) is 0 Å². The molecule has 1 fully saturated rings. The van der Waals surface area contributed by atoms with Crippen LogP contribution in [-0.4, -0.2) is 47.9 Å². The van der Waals surface area contributed by atoms with Crippen LogP contribution in [0.15, 0.2) is 12.1 Å². The number of benzene rings is 1. The zero-order valence-corrected chi connectivity index (χ0v) is 20.9. The van der Waals surface area contributed by atoms with Crippen molar-refractivity contribution < 1.29 is 23.8 Å². The molecule has 1 amide bonds. The van der Waals surface area contributed by atoms with Gasteiger partial charge in [0.15, 0.2) is 0 Å². The average molecular weight is 466 g/mol. The maximum Gasteiger partial charge on any atom is 0.410 e. The predicted molar refractivity (Wildman–Crippen MR) is 124 cm³/mol. The number of piperidine rings is 1. The average Bonchev–Trinajstić information content (AvgIpc) is 2.68. The van der Waals surface area contributed by atoms with Gasteiger partial charge in [-0.3, -0.25) is 4.79 Å². The monoisotopic (exact) mass is 465 g/mol. The van der Waals surface area contributed by atoms with Gasteiger partial charge in [-0.05, 0) is 96.4 Å². The lowest BCUT2D eigenvalue weighted by molar-refractivity contribution is -0.146. The van der Waals surface area contributed by atoms with Crippen molar-refractivity contribution in [1.29, 1.82) is 0 Å². The first-order chi connectivity index (χ1) is 14.9. The van der Waals surface area contributed by atoms with Crippen LogP contribution in [0, 0.1) is 5.92 Å². The highest BCUT2D eigenvalue weighted by atomic mass is 35.5. The van der Waals surface area contributed by atoms with E-state index in [0.29, 0.717) is 37.6 Å². The number of halogens is 1. The molecule has 178 valence electrons. The molecular formula is C25H36ClNO5. The normalized spacial score (nSPS) is 19.5. The number of rotatable bonds is 4. The Hall–Kier alpha value is -1.95. The largest absolute Gasteiger partial charge is 0.488 e. The Labute approximate surface area is 196 Å². The van der Waals surface area contributed by atoms with E-state index in [-0.39, 0.29) is 23.6 Å². The molecule has 7 heteroatoms.